The molecule has 0 spiro atoms. The second-order valence-corrected chi connectivity index (χ2v) is 8.32. The van der Waals surface area contributed by atoms with Gasteiger partial charge in [-0.2, -0.15) is 0 Å². The fourth-order valence-electron chi connectivity index (χ4n) is 2.87. The van der Waals surface area contributed by atoms with Crippen LogP contribution in [0.5, 0.6) is 5.75 Å². The minimum atomic E-state index is -0.512. The molecule has 1 fully saturated rings. The lowest BCUT2D eigenvalue weighted by molar-refractivity contribution is -0.121. The third kappa shape index (κ3) is 5.39. The van der Waals surface area contributed by atoms with Gasteiger partial charge in [0, 0.05) is 23.1 Å². The molecule has 8 heteroatoms. The lowest BCUT2D eigenvalue weighted by Crippen LogP contribution is -2.31. The molecule has 2 amide bonds. The summed E-state index contributed by atoms with van der Waals surface area (Å²) in [5, 5.41) is 3.35. The number of thioether (sulfide) groups is 1. The second-order valence-electron chi connectivity index (χ2n) is 6.22. The summed E-state index contributed by atoms with van der Waals surface area (Å²) in [5.41, 5.74) is 1.43. The smallest absolute Gasteiger partial charge is 0.247 e. The Morgan fingerprint density at radius 3 is 2.48 bits per heavy atom. The Bertz CT molecular complexity index is 900. The predicted molar refractivity (Wildman–Crippen MR) is 122 cm³/mol. The number of hydrogen-bond acceptors (Lipinski definition) is 5. The van der Waals surface area contributed by atoms with Crippen LogP contribution in [0.4, 0.5) is 11.4 Å². The van der Waals surface area contributed by atoms with Crippen molar-refractivity contribution in [2.45, 2.75) is 25.5 Å². The molecule has 0 saturated carbocycles. The number of rotatable bonds is 6. The molecule has 3 rings (SSSR count). The molecule has 0 bridgehead atoms. The zero-order valence-electron chi connectivity index (χ0n) is 16.2. The molecule has 0 aromatic heterocycles. The van der Waals surface area contributed by atoms with Gasteiger partial charge in [-0.3, -0.25) is 14.6 Å². The van der Waals surface area contributed by atoms with E-state index in [1.165, 1.54) is 16.7 Å². The maximum absolute atomic E-state index is 12.9. The van der Waals surface area contributed by atoms with Crippen LogP contribution in [0.1, 0.15) is 20.3 Å². The fourth-order valence-corrected chi connectivity index (χ4v) is 4.21. The van der Waals surface area contributed by atoms with E-state index in [1.807, 2.05) is 38.1 Å². The molecular weight excluding hydrogens is 454 g/mol. The van der Waals surface area contributed by atoms with Gasteiger partial charge in [0.2, 0.25) is 11.8 Å². The van der Waals surface area contributed by atoms with E-state index in [4.69, 9.17) is 4.74 Å². The van der Waals surface area contributed by atoms with Crippen LogP contribution < -0.4 is 15.0 Å². The summed E-state index contributed by atoms with van der Waals surface area (Å²) >= 11 is 4.70. The molecule has 1 atom stereocenters. The number of ether oxygens (including phenoxy) is 1. The van der Waals surface area contributed by atoms with Gasteiger partial charge < -0.3 is 10.1 Å². The number of amides is 2. The molecule has 1 aliphatic rings. The van der Waals surface area contributed by atoms with Gasteiger partial charge in [-0.15, -0.1) is 0 Å². The number of carbonyl (C=O) groups is 2. The number of nitrogens with zero attached hydrogens (tertiary/aromatic N) is 2. The van der Waals surface area contributed by atoms with Crippen molar-refractivity contribution in [3.05, 3.63) is 53.0 Å². The largest absolute Gasteiger partial charge is 0.494 e. The first kappa shape index (κ1) is 21.4. The van der Waals surface area contributed by atoms with Crippen molar-refractivity contribution in [1.82, 2.24) is 0 Å². The summed E-state index contributed by atoms with van der Waals surface area (Å²) in [6.07, 6.45) is 0.140. The van der Waals surface area contributed by atoms with Crippen LogP contribution in [0.25, 0.3) is 0 Å². The van der Waals surface area contributed by atoms with E-state index in [-0.39, 0.29) is 18.2 Å². The Kier molecular flexibility index (Phi) is 7.33. The number of hydrogen-bond donors (Lipinski definition) is 1. The van der Waals surface area contributed by atoms with Gasteiger partial charge in [0.15, 0.2) is 5.17 Å². The number of carbonyl (C=O) groups excluding carboxylic acids is 2. The lowest BCUT2D eigenvalue weighted by Gasteiger charge is -2.16. The summed E-state index contributed by atoms with van der Waals surface area (Å²) in [5.74, 6) is 0.263. The molecule has 0 radical (unpaired) electrons. The molecule has 0 aliphatic carbocycles. The summed E-state index contributed by atoms with van der Waals surface area (Å²) in [7, 11) is 0. The molecular formula is C21H22BrN3O3S. The predicted octanol–water partition coefficient (Wildman–Crippen LogP) is 4.70. The lowest BCUT2D eigenvalue weighted by atomic mass is 10.3. The van der Waals surface area contributed by atoms with Gasteiger partial charge in [-0.05, 0) is 62.4 Å². The highest BCUT2D eigenvalue weighted by Gasteiger charge is 2.40. The number of anilines is 2. The van der Waals surface area contributed by atoms with Crippen molar-refractivity contribution in [2.75, 3.05) is 23.4 Å². The topological polar surface area (TPSA) is 71.0 Å². The third-order valence-corrected chi connectivity index (χ3v) is 5.80. The monoisotopic (exact) mass is 475 g/mol. The molecule has 1 N–H and O–H groups in total. The molecule has 1 heterocycles. The Morgan fingerprint density at radius 1 is 1.17 bits per heavy atom. The Morgan fingerprint density at radius 2 is 1.86 bits per heavy atom. The number of aliphatic imine (C=N–C) groups is 1. The molecule has 152 valence electrons. The molecule has 1 saturated heterocycles. The average Bonchev–Trinajstić information content (AvgIpc) is 2.98. The van der Waals surface area contributed by atoms with E-state index in [0.717, 1.165) is 10.2 Å². The first-order valence-electron chi connectivity index (χ1n) is 9.35. The Balaban J connectivity index is 1.71. The summed E-state index contributed by atoms with van der Waals surface area (Å²) in [4.78, 5) is 31.2. The Hall–Kier alpha value is -2.32. The van der Waals surface area contributed by atoms with Crippen molar-refractivity contribution >= 4 is 56.0 Å². The van der Waals surface area contributed by atoms with Crippen LogP contribution in [0, 0.1) is 0 Å². The first-order valence-corrected chi connectivity index (χ1v) is 11.0. The van der Waals surface area contributed by atoms with Crippen LogP contribution in [0.2, 0.25) is 0 Å². The van der Waals surface area contributed by atoms with E-state index in [2.05, 4.69) is 26.2 Å². The van der Waals surface area contributed by atoms with Crippen LogP contribution in [0.15, 0.2) is 58.0 Å². The average molecular weight is 476 g/mol. The summed E-state index contributed by atoms with van der Waals surface area (Å²) < 4.78 is 6.40. The number of benzene rings is 2. The minimum Gasteiger partial charge on any atom is -0.494 e. The fraction of sp³-hybridized carbons (Fsp3) is 0.286. The van der Waals surface area contributed by atoms with Crippen molar-refractivity contribution in [3.8, 4) is 5.75 Å². The van der Waals surface area contributed by atoms with E-state index in [0.29, 0.717) is 29.8 Å². The van der Waals surface area contributed by atoms with E-state index >= 15 is 0 Å². The van der Waals surface area contributed by atoms with Crippen LogP contribution in [-0.4, -0.2) is 35.4 Å². The van der Waals surface area contributed by atoms with Gasteiger partial charge in [-0.25, -0.2) is 4.90 Å². The zero-order valence-corrected chi connectivity index (χ0v) is 18.6. The normalized spacial score (nSPS) is 17.0. The highest BCUT2D eigenvalue weighted by molar-refractivity contribution is 9.10. The molecule has 6 nitrogen and oxygen atoms in total. The molecule has 0 unspecified atom stereocenters. The molecule has 29 heavy (non-hydrogen) atoms. The third-order valence-electron chi connectivity index (χ3n) is 4.16. The van der Waals surface area contributed by atoms with E-state index in [9.17, 15) is 9.59 Å². The van der Waals surface area contributed by atoms with Crippen molar-refractivity contribution in [2.24, 2.45) is 4.99 Å². The van der Waals surface area contributed by atoms with E-state index < -0.39 is 5.25 Å². The summed E-state index contributed by atoms with van der Waals surface area (Å²) in [6, 6.07) is 14.7. The van der Waals surface area contributed by atoms with Gasteiger partial charge in [0.05, 0.1) is 12.3 Å². The SMILES string of the molecule is CCN=C(Nc1ccc(Br)cc1)S[C@@H]1CC(=O)N(c2ccc(OCC)cc2)C1=O. The number of halogens is 1. The van der Waals surface area contributed by atoms with Crippen LogP contribution in [-0.2, 0) is 9.59 Å². The molecule has 2 aromatic rings. The van der Waals surface area contributed by atoms with Gasteiger partial charge in [-0.1, -0.05) is 27.7 Å². The number of imide groups is 1. The highest BCUT2D eigenvalue weighted by Crippen LogP contribution is 2.31. The zero-order chi connectivity index (χ0) is 20.8. The molecule has 1 aliphatic heterocycles. The van der Waals surface area contributed by atoms with Crippen molar-refractivity contribution < 1.29 is 14.3 Å². The Labute approximate surface area is 182 Å². The maximum atomic E-state index is 12.9. The minimum absolute atomic E-state index is 0.140. The van der Waals surface area contributed by atoms with Crippen molar-refractivity contribution in [1.29, 1.82) is 0 Å². The van der Waals surface area contributed by atoms with Crippen LogP contribution in [0.3, 0.4) is 0 Å². The second kappa shape index (κ2) is 9.93. The van der Waals surface area contributed by atoms with Gasteiger partial charge >= 0.3 is 0 Å². The number of nitrogens with one attached hydrogen (secondary N) is 1. The van der Waals surface area contributed by atoms with Gasteiger partial charge in [0.25, 0.3) is 0 Å². The molecule has 2 aromatic carbocycles. The summed E-state index contributed by atoms with van der Waals surface area (Å²) in [6.45, 7) is 4.96. The van der Waals surface area contributed by atoms with Crippen molar-refractivity contribution in [3.63, 3.8) is 0 Å². The van der Waals surface area contributed by atoms with E-state index in [1.54, 1.807) is 24.3 Å². The quantitative estimate of drug-likeness (QED) is 0.372. The highest BCUT2D eigenvalue weighted by atomic mass is 79.9. The van der Waals surface area contributed by atoms with Gasteiger partial charge in [0.1, 0.15) is 11.0 Å². The maximum Gasteiger partial charge on any atom is 0.247 e. The number of amidine groups is 1. The standard InChI is InChI=1S/C21H22BrN3O3S/c1-3-23-21(24-15-7-5-14(22)6-8-15)29-18-13-19(26)25(20(18)27)16-9-11-17(12-10-16)28-4-2/h5-12,18H,3-4,13H2,1-2H3,(H,23,24)/t18-/m1/s1. The van der Waals surface area contributed by atoms with Crippen LogP contribution >= 0.6 is 27.7 Å². The first-order chi connectivity index (χ1) is 14.0.